The first-order valence-electron chi connectivity index (χ1n) is 7.31. The van der Waals surface area contributed by atoms with Crippen LogP contribution in [0.1, 0.15) is 39.5 Å². The number of benzene rings is 2. The Morgan fingerprint density at radius 1 is 1.30 bits per heavy atom. The van der Waals surface area contributed by atoms with Crippen LogP contribution < -0.4 is 5.32 Å². The van der Waals surface area contributed by atoms with E-state index in [0.717, 1.165) is 5.56 Å². The normalized spacial score (nSPS) is 16.0. The fourth-order valence-electron chi connectivity index (χ4n) is 3.08. The topological polar surface area (TPSA) is 72.2 Å². The highest BCUT2D eigenvalue weighted by Gasteiger charge is 2.29. The van der Waals surface area contributed by atoms with E-state index in [1.165, 1.54) is 12.1 Å². The minimum absolute atomic E-state index is 0.0276. The number of carbonyl (C=O) groups is 1. The van der Waals surface area contributed by atoms with E-state index in [1.54, 1.807) is 31.2 Å². The lowest BCUT2D eigenvalue weighted by molar-refractivity contribution is -0.385. The highest BCUT2D eigenvalue weighted by molar-refractivity contribution is 5.98. The number of nitro benzene ring substituents is 1. The average molecular weight is 314 g/mol. The van der Waals surface area contributed by atoms with Crippen LogP contribution in [0.5, 0.6) is 0 Å². The molecule has 1 N–H and O–H groups in total. The molecule has 2 aromatic carbocycles. The summed E-state index contributed by atoms with van der Waals surface area (Å²) in [5.74, 6) is -0.789. The van der Waals surface area contributed by atoms with Crippen molar-refractivity contribution in [2.75, 3.05) is 0 Å². The van der Waals surface area contributed by atoms with Crippen LogP contribution in [0.3, 0.4) is 0 Å². The van der Waals surface area contributed by atoms with Crippen LogP contribution in [0.4, 0.5) is 10.1 Å². The predicted molar refractivity (Wildman–Crippen MR) is 82.8 cm³/mol. The van der Waals surface area contributed by atoms with Gasteiger partial charge in [-0.2, -0.15) is 0 Å². The van der Waals surface area contributed by atoms with Gasteiger partial charge in [-0.1, -0.05) is 24.3 Å². The zero-order chi connectivity index (χ0) is 16.6. The highest BCUT2D eigenvalue weighted by atomic mass is 19.1. The molecule has 0 heterocycles. The van der Waals surface area contributed by atoms with E-state index >= 15 is 0 Å². The summed E-state index contributed by atoms with van der Waals surface area (Å²) in [6.07, 6.45) is 1.13. The van der Waals surface area contributed by atoms with Crippen molar-refractivity contribution >= 4 is 11.6 Å². The second-order valence-corrected chi connectivity index (χ2v) is 5.60. The molecular weight excluding hydrogens is 299 g/mol. The van der Waals surface area contributed by atoms with Gasteiger partial charge in [-0.25, -0.2) is 4.39 Å². The molecule has 1 aliphatic rings. The van der Waals surface area contributed by atoms with Gasteiger partial charge in [0, 0.05) is 5.56 Å². The maximum atomic E-state index is 13.7. The minimum Gasteiger partial charge on any atom is -0.345 e. The molecule has 3 rings (SSSR count). The van der Waals surface area contributed by atoms with Crippen molar-refractivity contribution in [1.82, 2.24) is 5.32 Å². The zero-order valence-corrected chi connectivity index (χ0v) is 12.5. The van der Waals surface area contributed by atoms with Crippen LogP contribution in [-0.4, -0.2) is 10.8 Å². The van der Waals surface area contributed by atoms with Crippen molar-refractivity contribution in [3.05, 3.63) is 74.6 Å². The first-order valence-corrected chi connectivity index (χ1v) is 7.31. The number of hydrogen-bond acceptors (Lipinski definition) is 3. The number of aryl methyl sites for hydroxylation is 1. The molecule has 2 aromatic rings. The van der Waals surface area contributed by atoms with Gasteiger partial charge in [0.05, 0.1) is 11.0 Å². The Bertz CT molecular complexity index is 804. The molecule has 1 atom stereocenters. The van der Waals surface area contributed by atoms with Crippen LogP contribution in [0.2, 0.25) is 0 Å². The van der Waals surface area contributed by atoms with Crippen molar-refractivity contribution in [1.29, 1.82) is 0 Å². The molecule has 5 nitrogen and oxygen atoms in total. The molecular formula is C17H15FN2O3. The molecule has 0 saturated carbocycles. The molecule has 1 amide bonds. The molecule has 0 radical (unpaired) electrons. The molecule has 23 heavy (non-hydrogen) atoms. The summed E-state index contributed by atoms with van der Waals surface area (Å²) in [6, 6.07) is 9.09. The maximum absolute atomic E-state index is 13.7. The Morgan fingerprint density at radius 2 is 2.04 bits per heavy atom. The van der Waals surface area contributed by atoms with Gasteiger partial charge in [0.25, 0.3) is 11.6 Å². The van der Waals surface area contributed by atoms with E-state index < -0.39 is 10.8 Å². The Labute approximate surface area is 132 Å². The molecule has 0 bridgehead atoms. The zero-order valence-electron chi connectivity index (χ0n) is 12.5. The van der Waals surface area contributed by atoms with Crippen LogP contribution in [0.15, 0.2) is 36.4 Å². The summed E-state index contributed by atoms with van der Waals surface area (Å²) < 4.78 is 13.7. The number of nitrogens with zero attached hydrogens (tertiary/aromatic N) is 1. The number of nitrogens with one attached hydrogen (secondary N) is 1. The fraction of sp³-hybridized carbons (Fsp3) is 0.235. The number of nitro groups is 1. The molecule has 0 aliphatic heterocycles. The van der Waals surface area contributed by atoms with Crippen molar-refractivity contribution in [3.63, 3.8) is 0 Å². The summed E-state index contributed by atoms with van der Waals surface area (Å²) in [6.45, 7) is 1.59. The molecule has 1 aliphatic carbocycles. The number of carbonyl (C=O) groups excluding carboxylic acids is 1. The minimum atomic E-state index is -0.549. The van der Waals surface area contributed by atoms with Gasteiger partial charge >= 0.3 is 0 Å². The van der Waals surface area contributed by atoms with Gasteiger partial charge in [0.15, 0.2) is 0 Å². The summed E-state index contributed by atoms with van der Waals surface area (Å²) >= 11 is 0. The molecule has 0 fully saturated rings. The quantitative estimate of drug-likeness (QED) is 0.696. The third kappa shape index (κ3) is 2.67. The van der Waals surface area contributed by atoms with E-state index in [4.69, 9.17) is 0 Å². The number of halogens is 1. The SMILES string of the molecule is Cc1cccc(C(=O)NC2CCc3c(F)cccc32)c1[N+](=O)[O-]. The standard InChI is InChI=1S/C17H15FN2O3/c1-10-4-2-6-13(16(10)20(22)23)17(21)19-15-9-8-11-12(15)5-3-7-14(11)18/h2-7,15H,8-9H2,1H3,(H,19,21). The number of fused-ring (bicyclic) bond motifs is 1. The van der Waals surface area contributed by atoms with Crippen LogP contribution in [-0.2, 0) is 6.42 Å². The van der Waals surface area contributed by atoms with Crippen molar-refractivity contribution < 1.29 is 14.1 Å². The fourth-order valence-corrected chi connectivity index (χ4v) is 3.08. The first-order chi connectivity index (χ1) is 11.0. The van der Waals surface area contributed by atoms with E-state index in [0.29, 0.717) is 24.0 Å². The predicted octanol–water partition coefficient (Wildman–Crippen LogP) is 3.46. The second kappa shape index (κ2) is 5.79. The van der Waals surface area contributed by atoms with E-state index in [2.05, 4.69) is 5.32 Å². The van der Waals surface area contributed by atoms with Crippen molar-refractivity contribution in [2.45, 2.75) is 25.8 Å². The molecule has 0 saturated heterocycles. The van der Waals surface area contributed by atoms with Gasteiger partial charge in [-0.3, -0.25) is 14.9 Å². The lowest BCUT2D eigenvalue weighted by Gasteiger charge is -2.14. The smallest absolute Gasteiger partial charge is 0.285 e. The lowest BCUT2D eigenvalue weighted by atomic mass is 10.1. The van der Waals surface area contributed by atoms with Gasteiger partial charge in [0.2, 0.25) is 0 Å². The van der Waals surface area contributed by atoms with Crippen LogP contribution >= 0.6 is 0 Å². The Hall–Kier alpha value is -2.76. The Balaban J connectivity index is 1.89. The number of rotatable bonds is 3. The second-order valence-electron chi connectivity index (χ2n) is 5.60. The first kappa shape index (κ1) is 15.1. The van der Waals surface area contributed by atoms with Gasteiger partial charge in [0.1, 0.15) is 11.4 Å². The Morgan fingerprint density at radius 3 is 2.78 bits per heavy atom. The summed E-state index contributed by atoms with van der Waals surface area (Å²) in [4.78, 5) is 23.1. The van der Waals surface area contributed by atoms with Gasteiger partial charge in [-0.15, -0.1) is 0 Å². The largest absolute Gasteiger partial charge is 0.345 e. The molecule has 0 spiro atoms. The number of amides is 1. The average Bonchev–Trinajstić information content (AvgIpc) is 2.91. The van der Waals surface area contributed by atoms with Crippen molar-refractivity contribution in [3.8, 4) is 0 Å². The molecule has 6 heteroatoms. The molecule has 0 aromatic heterocycles. The Kier molecular flexibility index (Phi) is 3.82. The monoisotopic (exact) mass is 314 g/mol. The third-order valence-corrected chi connectivity index (χ3v) is 4.18. The van der Waals surface area contributed by atoms with Gasteiger partial charge in [-0.05, 0) is 43.0 Å². The van der Waals surface area contributed by atoms with Crippen LogP contribution in [0, 0.1) is 22.9 Å². The number of hydrogen-bond donors (Lipinski definition) is 1. The third-order valence-electron chi connectivity index (χ3n) is 4.18. The molecule has 1 unspecified atom stereocenters. The lowest BCUT2D eigenvalue weighted by Crippen LogP contribution is -2.28. The highest BCUT2D eigenvalue weighted by Crippen LogP contribution is 2.33. The van der Waals surface area contributed by atoms with E-state index in [9.17, 15) is 19.3 Å². The van der Waals surface area contributed by atoms with Crippen molar-refractivity contribution in [2.24, 2.45) is 0 Å². The molecule has 118 valence electrons. The number of para-hydroxylation sites is 1. The van der Waals surface area contributed by atoms with Gasteiger partial charge < -0.3 is 5.32 Å². The summed E-state index contributed by atoms with van der Waals surface area (Å²) in [7, 11) is 0. The van der Waals surface area contributed by atoms with E-state index in [-0.39, 0.29) is 23.1 Å². The van der Waals surface area contributed by atoms with E-state index in [1.807, 2.05) is 0 Å². The maximum Gasteiger partial charge on any atom is 0.285 e. The van der Waals surface area contributed by atoms with Crippen LogP contribution in [0.25, 0.3) is 0 Å². The summed E-state index contributed by atoms with van der Waals surface area (Å²) in [5.41, 5.74) is 1.62. The summed E-state index contributed by atoms with van der Waals surface area (Å²) in [5, 5.41) is 14.0.